The van der Waals surface area contributed by atoms with Crippen LogP contribution < -0.4 is 11.1 Å². The van der Waals surface area contributed by atoms with Crippen LogP contribution in [0.25, 0.3) is 0 Å². The molecule has 1 saturated carbocycles. The van der Waals surface area contributed by atoms with E-state index in [-0.39, 0.29) is 5.91 Å². The largest absolute Gasteiger partial charge is 0.351 e. The van der Waals surface area contributed by atoms with E-state index in [1.165, 1.54) is 0 Å². The second-order valence-electron chi connectivity index (χ2n) is 4.20. The SMILES string of the molecule is C=C(C)CNC(=O)C(C)(N)C1CC1. The van der Waals surface area contributed by atoms with Crippen molar-refractivity contribution in [2.75, 3.05) is 6.54 Å². The number of nitrogens with two attached hydrogens (primary N) is 1. The van der Waals surface area contributed by atoms with Crippen LogP contribution in [0.3, 0.4) is 0 Å². The number of hydrogen-bond donors (Lipinski definition) is 2. The Bertz CT molecular complexity index is 229. The Kier molecular flexibility index (Phi) is 2.76. The molecule has 0 saturated heterocycles. The van der Waals surface area contributed by atoms with Crippen LogP contribution in [0.5, 0.6) is 0 Å². The highest BCUT2D eigenvalue weighted by Crippen LogP contribution is 2.38. The molecule has 0 spiro atoms. The summed E-state index contributed by atoms with van der Waals surface area (Å²) in [6, 6.07) is 0. The zero-order valence-corrected chi connectivity index (χ0v) is 8.39. The summed E-state index contributed by atoms with van der Waals surface area (Å²) in [4.78, 5) is 11.6. The Morgan fingerprint density at radius 1 is 1.69 bits per heavy atom. The third-order valence-electron chi connectivity index (χ3n) is 2.47. The minimum Gasteiger partial charge on any atom is -0.351 e. The molecule has 0 aliphatic heterocycles. The molecule has 3 nitrogen and oxygen atoms in total. The highest BCUT2D eigenvalue weighted by molar-refractivity contribution is 5.86. The lowest BCUT2D eigenvalue weighted by Crippen LogP contribution is -2.53. The summed E-state index contributed by atoms with van der Waals surface area (Å²) in [5, 5.41) is 2.78. The number of nitrogens with one attached hydrogen (secondary N) is 1. The Labute approximate surface area is 79.4 Å². The Balaban J connectivity index is 2.41. The van der Waals surface area contributed by atoms with Crippen LogP contribution in [0.1, 0.15) is 26.7 Å². The van der Waals surface area contributed by atoms with Gasteiger partial charge in [-0.3, -0.25) is 4.79 Å². The van der Waals surface area contributed by atoms with Crippen molar-refractivity contribution in [1.82, 2.24) is 5.32 Å². The molecule has 1 rings (SSSR count). The number of amides is 1. The Morgan fingerprint density at radius 2 is 2.23 bits per heavy atom. The smallest absolute Gasteiger partial charge is 0.240 e. The molecule has 1 aliphatic rings. The van der Waals surface area contributed by atoms with Gasteiger partial charge in [0.25, 0.3) is 0 Å². The van der Waals surface area contributed by atoms with Crippen LogP contribution >= 0.6 is 0 Å². The van der Waals surface area contributed by atoms with Crippen LogP contribution in [0.2, 0.25) is 0 Å². The van der Waals surface area contributed by atoms with E-state index in [4.69, 9.17) is 5.73 Å². The van der Waals surface area contributed by atoms with Crippen LogP contribution in [0, 0.1) is 5.92 Å². The van der Waals surface area contributed by atoms with Gasteiger partial charge in [0.2, 0.25) is 5.91 Å². The maximum atomic E-state index is 11.6. The second-order valence-corrected chi connectivity index (χ2v) is 4.20. The van der Waals surface area contributed by atoms with Gasteiger partial charge in [-0.2, -0.15) is 0 Å². The molecule has 13 heavy (non-hydrogen) atoms. The summed E-state index contributed by atoms with van der Waals surface area (Å²) < 4.78 is 0. The fourth-order valence-corrected chi connectivity index (χ4v) is 1.29. The minimum absolute atomic E-state index is 0.0574. The molecule has 1 atom stereocenters. The van der Waals surface area contributed by atoms with Gasteiger partial charge >= 0.3 is 0 Å². The van der Waals surface area contributed by atoms with Gasteiger partial charge in [-0.25, -0.2) is 0 Å². The average Bonchev–Trinajstić information content (AvgIpc) is 2.81. The van der Waals surface area contributed by atoms with Gasteiger partial charge in [-0.1, -0.05) is 12.2 Å². The standard InChI is InChI=1S/C10H18N2O/c1-7(2)6-12-9(13)10(3,11)8-4-5-8/h8H,1,4-6,11H2,2-3H3,(H,12,13). The molecular weight excluding hydrogens is 164 g/mol. The molecule has 0 bridgehead atoms. The number of hydrogen-bond acceptors (Lipinski definition) is 2. The normalized spacial score (nSPS) is 20.5. The van der Waals surface area contributed by atoms with E-state index in [0.717, 1.165) is 18.4 Å². The first-order valence-electron chi connectivity index (χ1n) is 4.66. The summed E-state index contributed by atoms with van der Waals surface area (Å²) in [7, 11) is 0. The van der Waals surface area contributed by atoms with Crippen molar-refractivity contribution in [2.24, 2.45) is 11.7 Å². The molecule has 3 heteroatoms. The van der Waals surface area contributed by atoms with Crippen molar-refractivity contribution in [2.45, 2.75) is 32.2 Å². The quantitative estimate of drug-likeness (QED) is 0.632. The van der Waals surface area contributed by atoms with E-state index in [9.17, 15) is 4.79 Å². The fraction of sp³-hybridized carbons (Fsp3) is 0.700. The molecule has 0 radical (unpaired) electrons. The highest BCUT2D eigenvalue weighted by Gasteiger charge is 2.43. The zero-order valence-electron chi connectivity index (χ0n) is 8.39. The van der Waals surface area contributed by atoms with Crippen LogP contribution in [0.15, 0.2) is 12.2 Å². The molecule has 1 amide bonds. The third-order valence-corrected chi connectivity index (χ3v) is 2.47. The molecule has 1 unspecified atom stereocenters. The maximum absolute atomic E-state index is 11.6. The van der Waals surface area contributed by atoms with Gasteiger partial charge in [0, 0.05) is 6.54 Å². The van der Waals surface area contributed by atoms with Crippen molar-refractivity contribution < 1.29 is 4.79 Å². The fourth-order valence-electron chi connectivity index (χ4n) is 1.29. The van der Waals surface area contributed by atoms with E-state index in [2.05, 4.69) is 11.9 Å². The van der Waals surface area contributed by atoms with E-state index in [1.807, 2.05) is 6.92 Å². The van der Waals surface area contributed by atoms with Gasteiger partial charge < -0.3 is 11.1 Å². The molecule has 3 N–H and O–H groups in total. The predicted octanol–water partition coefficient (Wildman–Crippen LogP) is 0.806. The average molecular weight is 182 g/mol. The van der Waals surface area contributed by atoms with Gasteiger partial charge in [0.1, 0.15) is 0 Å². The van der Waals surface area contributed by atoms with Crippen molar-refractivity contribution in [1.29, 1.82) is 0 Å². The van der Waals surface area contributed by atoms with E-state index in [0.29, 0.717) is 12.5 Å². The summed E-state index contributed by atoms with van der Waals surface area (Å²) in [5.41, 5.74) is 6.17. The molecule has 0 aromatic heterocycles. The lowest BCUT2D eigenvalue weighted by molar-refractivity contribution is -0.126. The molecule has 0 aromatic rings. The lowest BCUT2D eigenvalue weighted by Gasteiger charge is -2.23. The van der Waals surface area contributed by atoms with Gasteiger partial charge in [-0.15, -0.1) is 0 Å². The molecule has 0 aromatic carbocycles. The van der Waals surface area contributed by atoms with Crippen LogP contribution in [0.4, 0.5) is 0 Å². The van der Waals surface area contributed by atoms with Crippen molar-refractivity contribution in [3.63, 3.8) is 0 Å². The summed E-state index contributed by atoms with van der Waals surface area (Å²) in [6.45, 7) is 7.92. The predicted molar refractivity (Wildman–Crippen MR) is 53.1 cm³/mol. The Morgan fingerprint density at radius 3 is 2.62 bits per heavy atom. The van der Waals surface area contributed by atoms with E-state index in [1.54, 1.807) is 6.92 Å². The second kappa shape index (κ2) is 3.50. The van der Waals surface area contributed by atoms with E-state index >= 15 is 0 Å². The molecule has 1 fully saturated rings. The van der Waals surface area contributed by atoms with Crippen molar-refractivity contribution >= 4 is 5.91 Å². The first-order chi connectivity index (χ1) is 5.94. The Hall–Kier alpha value is -0.830. The monoisotopic (exact) mass is 182 g/mol. The first-order valence-corrected chi connectivity index (χ1v) is 4.66. The number of carbonyl (C=O) groups excluding carboxylic acids is 1. The minimum atomic E-state index is -0.685. The number of carbonyl (C=O) groups is 1. The van der Waals surface area contributed by atoms with Crippen molar-refractivity contribution in [3.8, 4) is 0 Å². The molecule has 74 valence electrons. The lowest BCUT2D eigenvalue weighted by atomic mass is 9.96. The van der Waals surface area contributed by atoms with Crippen LogP contribution in [-0.4, -0.2) is 18.0 Å². The van der Waals surface area contributed by atoms with Crippen molar-refractivity contribution in [3.05, 3.63) is 12.2 Å². The first kappa shape index (κ1) is 10.3. The highest BCUT2D eigenvalue weighted by atomic mass is 16.2. The van der Waals surface area contributed by atoms with Crippen LogP contribution in [-0.2, 0) is 4.79 Å². The van der Waals surface area contributed by atoms with E-state index < -0.39 is 5.54 Å². The maximum Gasteiger partial charge on any atom is 0.240 e. The molecule has 0 heterocycles. The summed E-state index contributed by atoms with van der Waals surface area (Å²) in [5.74, 6) is 0.315. The third kappa shape index (κ3) is 2.56. The zero-order chi connectivity index (χ0) is 10.1. The molecular formula is C10H18N2O. The van der Waals surface area contributed by atoms with Gasteiger partial charge in [0.15, 0.2) is 0 Å². The summed E-state index contributed by atoms with van der Waals surface area (Å²) in [6.07, 6.45) is 2.15. The topological polar surface area (TPSA) is 55.1 Å². The van der Waals surface area contributed by atoms with Gasteiger partial charge in [0.05, 0.1) is 5.54 Å². The molecule has 1 aliphatic carbocycles. The number of rotatable bonds is 4. The van der Waals surface area contributed by atoms with Gasteiger partial charge in [-0.05, 0) is 32.6 Å². The summed E-state index contributed by atoms with van der Waals surface area (Å²) >= 11 is 0.